The summed E-state index contributed by atoms with van der Waals surface area (Å²) in [5.41, 5.74) is 1.59. The van der Waals surface area contributed by atoms with Crippen molar-refractivity contribution in [3.63, 3.8) is 0 Å². The fourth-order valence-electron chi connectivity index (χ4n) is 2.30. The third kappa shape index (κ3) is 8.68. The molecule has 32 heavy (non-hydrogen) atoms. The predicted octanol–water partition coefficient (Wildman–Crippen LogP) is 3.86. The Morgan fingerprint density at radius 1 is 1.06 bits per heavy atom. The number of esters is 1. The molecule has 0 aliphatic rings. The molecule has 0 bridgehead atoms. The van der Waals surface area contributed by atoms with Crippen LogP contribution in [0.15, 0.2) is 48.5 Å². The van der Waals surface area contributed by atoms with Crippen LogP contribution in [0.4, 0.5) is 18.9 Å². The van der Waals surface area contributed by atoms with Crippen LogP contribution in [0.2, 0.25) is 5.02 Å². The van der Waals surface area contributed by atoms with Gasteiger partial charge in [-0.2, -0.15) is 0 Å². The van der Waals surface area contributed by atoms with Crippen LogP contribution >= 0.6 is 11.6 Å². The van der Waals surface area contributed by atoms with Crippen LogP contribution in [-0.4, -0.2) is 37.3 Å². The molecule has 7 nitrogen and oxygen atoms in total. The van der Waals surface area contributed by atoms with Crippen molar-refractivity contribution in [3.8, 4) is 5.75 Å². The summed E-state index contributed by atoms with van der Waals surface area (Å²) in [5.74, 6) is -2.44. The van der Waals surface area contributed by atoms with Gasteiger partial charge in [-0.1, -0.05) is 29.8 Å². The molecule has 0 spiro atoms. The van der Waals surface area contributed by atoms with Crippen molar-refractivity contribution in [1.29, 1.82) is 0 Å². The molecule has 0 saturated heterocycles. The van der Waals surface area contributed by atoms with Crippen LogP contribution in [-0.2, 0) is 19.1 Å². The minimum absolute atomic E-state index is 0.343. The molecule has 0 aliphatic heterocycles. The van der Waals surface area contributed by atoms with E-state index in [-0.39, 0.29) is 6.54 Å². The molecule has 2 amide bonds. The van der Waals surface area contributed by atoms with Gasteiger partial charge in [0.2, 0.25) is 5.91 Å². The lowest BCUT2D eigenvalue weighted by Gasteiger charge is -2.10. The topological polar surface area (TPSA) is 93.7 Å². The molecular weight excluding hydrogens is 453 g/mol. The second-order valence-electron chi connectivity index (χ2n) is 6.30. The van der Waals surface area contributed by atoms with E-state index in [1.54, 1.807) is 25.1 Å². The van der Waals surface area contributed by atoms with Gasteiger partial charge in [0.15, 0.2) is 6.61 Å². The quantitative estimate of drug-likeness (QED) is 0.451. The predicted molar refractivity (Wildman–Crippen MR) is 111 cm³/mol. The Hall–Kier alpha value is -3.53. The SMILES string of the molecule is Cc1c(Cl)cccc1NC(=O)CNC(=O)COC(=O)/C=C/c1ccc(OC(F)(F)F)cc1. The number of anilines is 1. The number of nitrogens with one attached hydrogen (secondary N) is 2. The molecule has 0 unspecified atom stereocenters. The monoisotopic (exact) mass is 470 g/mol. The molecule has 170 valence electrons. The van der Waals surface area contributed by atoms with E-state index in [1.807, 2.05) is 0 Å². The van der Waals surface area contributed by atoms with Crippen LogP contribution < -0.4 is 15.4 Å². The number of halogens is 4. The van der Waals surface area contributed by atoms with Gasteiger partial charge < -0.3 is 20.1 Å². The second-order valence-corrected chi connectivity index (χ2v) is 6.70. The summed E-state index contributed by atoms with van der Waals surface area (Å²) in [6, 6.07) is 9.78. The van der Waals surface area contributed by atoms with Gasteiger partial charge in [-0.15, -0.1) is 13.2 Å². The van der Waals surface area contributed by atoms with E-state index in [1.165, 1.54) is 18.2 Å². The normalized spacial score (nSPS) is 11.2. The van der Waals surface area contributed by atoms with Gasteiger partial charge in [-0.3, -0.25) is 9.59 Å². The van der Waals surface area contributed by atoms with Gasteiger partial charge in [0.05, 0.1) is 6.54 Å². The van der Waals surface area contributed by atoms with Crippen molar-refractivity contribution < 1.29 is 37.0 Å². The highest BCUT2D eigenvalue weighted by Gasteiger charge is 2.30. The summed E-state index contributed by atoms with van der Waals surface area (Å²) >= 11 is 5.97. The number of ether oxygens (including phenoxy) is 2. The van der Waals surface area contributed by atoms with Crippen LogP contribution in [0.25, 0.3) is 6.08 Å². The van der Waals surface area contributed by atoms with E-state index in [0.717, 1.165) is 18.2 Å². The van der Waals surface area contributed by atoms with Crippen molar-refractivity contribution in [1.82, 2.24) is 5.32 Å². The van der Waals surface area contributed by atoms with Crippen molar-refractivity contribution in [2.24, 2.45) is 0 Å². The Labute approximate surface area is 186 Å². The number of benzene rings is 2. The van der Waals surface area contributed by atoms with Gasteiger partial charge in [0.1, 0.15) is 5.75 Å². The first kappa shape index (κ1) is 24.7. The summed E-state index contributed by atoms with van der Waals surface area (Å²) in [4.78, 5) is 35.3. The first-order chi connectivity index (χ1) is 15.0. The Balaban J connectivity index is 1.72. The number of carbonyl (C=O) groups is 3. The standard InChI is InChI=1S/C21H18ClF3N2O5/c1-13-16(22)3-2-4-17(13)27-18(28)11-26-19(29)12-31-20(30)10-7-14-5-8-15(9-6-14)32-21(23,24)25/h2-10H,11-12H2,1H3,(H,26,29)(H,27,28)/b10-7+. The first-order valence-corrected chi connectivity index (χ1v) is 9.43. The number of hydrogen-bond acceptors (Lipinski definition) is 5. The third-order valence-corrected chi connectivity index (χ3v) is 4.27. The second kappa shape index (κ2) is 11.2. The van der Waals surface area contributed by atoms with Gasteiger partial charge in [0.25, 0.3) is 5.91 Å². The zero-order valence-corrected chi connectivity index (χ0v) is 17.4. The molecule has 2 aromatic rings. The lowest BCUT2D eigenvalue weighted by molar-refractivity contribution is -0.274. The fraction of sp³-hybridized carbons (Fsp3) is 0.190. The van der Waals surface area contributed by atoms with E-state index in [0.29, 0.717) is 21.8 Å². The Bertz CT molecular complexity index is 1010. The minimum Gasteiger partial charge on any atom is -0.452 e. The van der Waals surface area contributed by atoms with Gasteiger partial charge in [-0.25, -0.2) is 4.79 Å². The smallest absolute Gasteiger partial charge is 0.452 e. The molecule has 0 atom stereocenters. The van der Waals surface area contributed by atoms with Crippen molar-refractivity contribution in [2.75, 3.05) is 18.5 Å². The highest BCUT2D eigenvalue weighted by molar-refractivity contribution is 6.31. The molecule has 0 heterocycles. The molecule has 2 N–H and O–H groups in total. The first-order valence-electron chi connectivity index (χ1n) is 9.06. The summed E-state index contributed by atoms with van der Waals surface area (Å²) in [5, 5.41) is 5.38. The number of alkyl halides is 3. The van der Waals surface area contributed by atoms with E-state index < -0.39 is 36.5 Å². The molecule has 0 aliphatic carbocycles. The zero-order chi connectivity index (χ0) is 23.7. The molecule has 0 fully saturated rings. The zero-order valence-electron chi connectivity index (χ0n) is 16.7. The van der Waals surface area contributed by atoms with E-state index >= 15 is 0 Å². The molecule has 11 heteroatoms. The average Bonchev–Trinajstić information content (AvgIpc) is 2.72. The van der Waals surface area contributed by atoms with Crippen LogP contribution in [0.5, 0.6) is 5.75 Å². The summed E-state index contributed by atoms with van der Waals surface area (Å²) < 4.78 is 44.8. The maximum absolute atomic E-state index is 12.1. The van der Waals surface area contributed by atoms with E-state index in [2.05, 4.69) is 15.4 Å². The third-order valence-electron chi connectivity index (χ3n) is 3.86. The molecule has 2 aromatic carbocycles. The lowest BCUT2D eigenvalue weighted by Crippen LogP contribution is -2.35. The highest BCUT2D eigenvalue weighted by Crippen LogP contribution is 2.23. The number of amides is 2. The average molecular weight is 471 g/mol. The van der Waals surface area contributed by atoms with Crippen molar-refractivity contribution in [3.05, 3.63) is 64.7 Å². The number of hydrogen-bond donors (Lipinski definition) is 2. The molecule has 0 saturated carbocycles. The maximum Gasteiger partial charge on any atom is 0.573 e. The van der Waals surface area contributed by atoms with Gasteiger partial charge in [-0.05, 0) is 48.4 Å². The van der Waals surface area contributed by atoms with Crippen LogP contribution in [0, 0.1) is 6.92 Å². The van der Waals surface area contributed by atoms with Crippen LogP contribution in [0.1, 0.15) is 11.1 Å². The van der Waals surface area contributed by atoms with Gasteiger partial charge >= 0.3 is 12.3 Å². The minimum atomic E-state index is -4.80. The molecule has 2 rings (SSSR count). The van der Waals surface area contributed by atoms with Crippen molar-refractivity contribution in [2.45, 2.75) is 13.3 Å². The maximum atomic E-state index is 12.1. The lowest BCUT2D eigenvalue weighted by atomic mass is 10.2. The number of rotatable bonds is 8. The van der Waals surface area contributed by atoms with Gasteiger partial charge in [0, 0.05) is 16.8 Å². The number of carbonyl (C=O) groups excluding carboxylic acids is 3. The van der Waals surface area contributed by atoms with E-state index in [4.69, 9.17) is 16.3 Å². The Morgan fingerprint density at radius 3 is 2.41 bits per heavy atom. The Kier molecular flexibility index (Phi) is 8.65. The molecular formula is C21H18ClF3N2O5. The highest BCUT2D eigenvalue weighted by atomic mass is 35.5. The van der Waals surface area contributed by atoms with Crippen molar-refractivity contribution >= 4 is 41.1 Å². The largest absolute Gasteiger partial charge is 0.573 e. The summed E-state index contributed by atoms with van der Waals surface area (Å²) in [6.07, 6.45) is -2.50. The summed E-state index contributed by atoms with van der Waals surface area (Å²) in [7, 11) is 0. The summed E-state index contributed by atoms with van der Waals surface area (Å²) in [6.45, 7) is 0.768. The van der Waals surface area contributed by atoms with Crippen LogP contribution in [0.3, 0.4) is 0 Å². The molecule has 0 radical (unpaired) electrons. The van der Waals surface area contributed by atoms with E-state index in [9.17, 15) is 27.6 Å². The molecule has 0 aromatic heterocycles. The Morgan fingerprint density at radius 2 is 1.75 bits per heavy atom. The fourth-order valence-corrected chi connectivity index (χ4v) is 2.47.